The maximum absolute atomic E-state index is 14.6. The average Bonchev–Trinajstić information content (AvgIpc) is 3.83. The zero-order chi connectivity index (χ0) is 34.7. The Hall–Kier alpha value is -4.44. The van der Waals surface area contributed by atoms with Crippen LogP contribution < -0.4 is 11.1 Å². The molecule has 256 valence electrons. The Morgan fingerprint density at radius 3 is 2.65 bits per heavy atom. The molecule has 4 N–H and O–H groups in total. The van der Waals surface area contributed by atoms with E-state index >= 15 is 0 Å². The van der Waals surface area contributed by atoms with Gasteiger partial charge in [-0.1, -0.05) is 24.0 Å². The van der Waals surface area contributed by atoms with Crippen molar-refractivity contribution in [1.29, 1.82) is 0 Å². The fourth-order valence-corrected chi connectivity index (χ4v) is 7.05. The number of alkyl halides is 2. The lowest BCUT2D eigenvalue weighted by atomic mass is 9.96. The summed E-state index contributed by atoms with van der Waals surface area (Å²) in [6.07, 6.45) is 5.30. The smallest absolute Gasteiger partial charge is 0.264 e. The van der Waals surface area contributed by atoms with Gasteiger partial charge in [0.25, 0.3) is 12.3 Å². The van der Waals surface area contributed by atoms with E-state index < -0.39 is 18.4 Å². The number of rotatable bonds is 9. The van der Waals surface area contributed by atoms with Gasteiger partial charge in [-0.3, -0.25) is 20.0 Å². The molecule has 1 atom stereocenters. The number of aromatic nitrogens is 3. The van der Waals surface area contributed by atoms with E-state index in [1.165, 1.54) is 29.2 Å². The summed E-state index contributed by atoms with van der Waals surface area (Å²) < 4.78 is 31.2. The molecule has 1 saturated heterocycles. The van der Waals surface area contributed by atoms with Gasteiger partial charge in [-0.15, -0.1) is 11.3 Å². The molecule has 6 rings (SSSR count). The van der Waals surface area contributed by atoms with Gasteiger partial charge in [0.05, 0.1) is 12.0 Å². The van der Waals surface area contributed by atoms with Crippen molar-refractivity contribution in [3.63, 3.8) is 0 Å². The third-order valence-electron chi connectivity index (χ3n) is 9.66. The molecule has 9 nitrogen and oxygen atoms in total. The van der Waals surface area contributed by atoms with Crippen molar-refractivity contribution in [3.05, 3.63) is 93.0 Å². The minimum atomic E-state index is -2.85. The van der Waals surface area contributed by atoms with Gasteiger partial charge in [0, 0.05) is 70.1 Å². The zero-order valence-corrected chi connectivity index (χ0v) is 28.7. The molecule has 0 saturated carbocycles. The largest absolute Gasteiger partial charge is 0.398 e. The molecule has 1 fully saturated rings. The number of aliphatic imine (C=N–C) groups is 1. The van der Waals surface area contributed by atoms with Gasteiger partial charge in [-0.2, -0.15) is 0 Å². The number of nitrogens with zero attached hydrogens (tertiary/aromatic N) is 5. The van der Waals surface area contributed by atoms with Crippen LogP contribution in [0.3, 0.4) is 0 Å². The number of amides is 1. The number of nitrogens with two attached hydrogens (primary N) is 1. The van der Waals surface area contributed by atoms with E-state index in [0.29, 0.717) is 34.3 Å². The number of fused-ring (bicyclic) bond motifs is 1. The zero-order valence-electron chi connectivity index (χ0n) is 27.9. The number of likely N-dealkylation sites (tertiary alicyclic amines) is 1. The second-order valence-electron chi connectivity index (χ2n) is 13.4. The van der Waals surface area contributed by atoms with E-state index in [9.17, 15) is 18.7 Å². The van der Waals surface area contributed by atoms with Crippen molar-refractivity contribution in [2.75, 3.05) is 30.7 Å². The maximum Gasteiger partial charge on any atom is 0.264 e. The minimum absolute atomic E-state index is 0.0497. The Morgan fingerprint density at radius 2 is 1.98 bits per heavy atom. The van der Waals surface area contributed by atoms with Crippen molar-refractivity contribution in [1.82, 2.24) is 19.4 Å². The molecule has 4 aromatic rings. The average molecular weight is 686 g/mol. The van der Waals surface area contributed by atoms with E-state index in [1.54, 1.807) is 24.8 Å². The molecule has 2 aliphatic rings. The highest BCUT2D eigenvalue weighted by molar-refractivity contribution is 7.13. The van der Waals surface area contributed by atoms with Crippen molar-refractivity contribution in [2.24, 2.45) is 10.9 Å². The SMILES string of the molecule is Cc1c(C#Cc2ccc(CN3CCC(CO)CC3)cc2)cc(C(F)F)c(C=NC(C(=O)Nc2nccs2)c2ncn3c2CCC3(C)C)c1N. The van der Waals surface area contributed by atoms with Crippen LogP contribution in [0, 0.1) is 24.7 Å². The molecule has 2 aliphatic heterocycles. The number of thiazole rings is 1. The molecular formula is C37H41F2N7O2S. The number of hydrogen-bond acceptors (Lipinski definition) is 8. The standard InChI is InChI=1S/C37H41F2N7O2S/c1-23-27(9-8-24-4-6-25(7-5-24)20-45-15-11-26(21-47)12-16-45)18-28(34(38)39)29(31(23)40)19-42-33(35(48)44-36-41-14-17-49-36)32-30-10-13-37(2,3)46(30)22-43-32/h4-7,14,17-19,22,26,33-34,47H,10-13,15-16,20-21,40H2,1-3H3,(H,41,44,48). The quantitative estimate of drug-likeness (QED) is 0.109. The Kier molecular flexibility index (Phi) is 10.2. The third kappa shape index (κ3) is 7.59. The summed E-state index contributed by atoms with van der Waals surface area (Å²) in [5.74, 6) is 6.07. The van der Waals surface area contributed by atoms with Crippen LogP contribution >= 0.6 is 11.3 Å². The van der Waals surface area contributed by atoms with E-state index in [4.69, 9.17) is 5.73 Å². The summed E-state index contributed by atoms with van der Waals surface area (Å²) in [4.78, 5) is 29.2. The van der Waals surface area contributed by atoms with Crippen LogP contribution in [0.1, 0.15) is 90.3 Å². The normalized spacial score (nSPS) is 16.9. The maximum atomic E-state index is 14.6. The monoisotopic (exact) mass is 685 g/mol. The first-order valence-corrected chi connectivity index (χ1v) is 17.4. The van der Waals surface area contributed by atoms with E-state index in [-0.39, 0.29) is 29.0 Å². The fraction of sp³-hybridized carbons (Fsp3) is 0.405. The number of nitrogen functional groups attached to an aromatic ring is 1. The van der Waals surface area contributed by atoms with E-state index in [2.05, 4.69) is 50.9 Å². The number of carbonyl (C=O) groups excluding carboxylic acids is 1. The number of imidazole rings is 1. The lowest BCUT2D eigenvalue weighted by Crippen LogP contribution is -2.34. The molecule has 1 amide bonds. The van der Waals surface area contributed by atoms with Gasteiger partial charge >= 0.3 is 0 Å². The number of nitrogens with one attached hydrogen (secondary N) is 1. The van der Waals surface area contributed by atoms with Gasteiger partial charge in [0.2, 0.25) is 0 Å². The van der Waals surface area contributed by atoms with Crippen molar-refractivity contribution >= 4 is 34.3 Å². The number of hydrogen-bond donors (Lipinski definition) is 3. The number of halogens is 2. The van der Waals surface area contributed by atoms with Crippen molar-refractivity contribution < 1.29 is 18.7 Å². The summed E-state index contributed by atoms with van der Waals surface area (Å²) in [7, 11) is 0. The highest BCUT2D eigenvalue weighted by Crippen LogP contribution is 2.37. The van der Waals surface area contributed by atoms with Gasteiger partial charge in [0.15, 0.2) is 11.2 Å². The Balaban J connectivity index is 1.26. The fourth-order valence-electron chi connectivity index (χ4n) is 6.52. The predicted octanol–water partition coefficient (Wildman–Crippen LogP) is 6.25. The molecule has 2 aromatic heterocycles. The van der Waals surface area contributed by atoms with Crippen LogP contribution in [-0.2, 0) is 23.3 Å². The third-order valence-corrected chi connectivity index (χ3v) is 10.3. The minimum Gasteiger partial charge on any atom is -0.398 e. The van der Waals surface area contributed by atoms with Crippen molar-refractivity contribution in [2.45, 2.75) is 71.0 Å². The molecule has 1 unspecified atom stereocenters. The molecule has 0 radical (unpaired) electrons. The van der Waals surface area contributed by atoms with Crippen LogP contribution in [0.2, 0.25) is 0 Å². The molecule has 0 spiro atoms. The summed E-state index contributed by atoms with van der Waals surface area (Å²) in [5.41, 5.74) is 10.4. The molecule has 4 heterocycles. The molecular weight excluding hydrogens is 645 g/mol. The van der Waals surface area contributed by atoms with Crippen LogP contribution in [0.4, 0.5) is 19.6 Å². The molecule has 0 bridgehead atoms. The van der Waals surface area contributed by atoms with Crippen molar-refractivity contribution in [3.8, 4) is 11.8 Å². The Bertz CT molecular complexity index is 1880. The number of carbonyl (C=O) groups is 1. The summed E-state index contributed by atoms with van der Waals surface area (Å²) in [6.45, 7) is 8.96. The van der Waals surface area contributed by atoms with Gasteiger partial charge in [-0.05, 0) is 94.8 Å². The number of aliphatic hydroxyl groups is 1. The first kappa shape index (κ1) is 34.4. The van der Waals surface area contributed by atoms with E-state index in [1.807, 2.05) is 28.8 Å². The summed E-state index contributed by atoms with van der Waals surface area (Å²) in [5, 5.41) is 14.3. The number of aliphatic hydroxyl groups excluding tert-OH is 1. The first-order chi connectivity index (χ1) is 23.5. The lowest BCUT2D eigenvalue weighted by Gasteiger charge is -2.31. The molecule has 49 heavy (non-hydrogen) atoms. The van der Waals surface area contributed by atoms with Crippen LogP contribution in [0.25, 0.3) is 0 Å². The Morgan fingerprint density at radius 1 is 1.22 bits per heavy atom. The summed E-state index contributed by atoms with van der Waals surface area (Å²) >= 11 is 1.27. The van der Waals surface area contributed by atoms with E-state index in [0.717, 1.165) is 50.2 Å². The van der Waals surface area contributed by atoms with Gasteiger partial charge in [0.1, 0.15) is 0 Å². The second kappa shape index (κ2) is 14.6. The molecule has 12 heteroatoms. The second-order valence-corrected chi connectivity index (χ2v) is 14.3. The summed E-state index contributed by atoms with van der Waals surface area (Å²) in [6, 6.07) is 8.18. The number of piperidine rings is 1. The van der Waals surface area contributed by atoms with Gasteiger partial charge in [-0.25, -0.2) is 18.7 Å². The highest BCUT2D eigenvalue weighted by atomic mass is 32.1. The highest BCUT2D eigenvalue weighted by Gasteiger charge is 2.36. The number of anilines is 2. The number of benzene rings is 2. The first-order valence-electron chi connectivity index (χ1n) is 16.5. The van der Waals surface area contributed by atoms with Crippen LogP contribution in [0.15, 0.2) is 53.2 Å². The van der Waals surface area contributed by atoms with Crippen LogP contribution in [-0.4, -0.2) is 56.4 Å². The topological polar surface area (TPSA) is 122 Å². The molecule has 2 aromatic carbocycles. The van der Waals surface area contributed by atoms with Gasteiger partial charge < -0.3 is 15.4 Å². The lowest BCUT2D eigenvalue weighted by molar-refractivity contribution is -0.117. The van der Waals surface area contributed by atoms with Crippen LogP contribution in [0.5, 0.6) is 0 Å². The molecule has 0 aliphatic carbocycles. The predicted molar refractivity (Wildman–Crippen MR) is 189 cm³/mol. The Labute approximate surface area is 289 Å².